The summed E-state index contributed by atoms with van der Waals surface area (Å²) in [6, 6.07) is 11.5. The normalized spacial score (nSPS) is 15.8. The molecule has 1 amide bonds. The second-order valence-electron chi connectivity index (χ2n) is 7.24. The molecule has 150 valence electrons. The lowest BCUT2D eigenvalue weighted by molar-refractivity contribution is 0.0706. The van der Waals surface area contributed by atoms with Crippen molar-refractivity contribution in [1.82, 2.24) is 15.1 Å². The third kappa shape index (κ3) is 3.20. The average Bonchev–Trinajstić information content (AvgIpc) is 3.25. The summed E-state index contributed by atoms with van der Waals surface area (Å²) in [5.74, 6) is -0.0370. The number of rotatable bonds is 5. The van der Waals surface area contributed by atoms with Crippen molar-refractivity contribution in [2.75, 3.05) is 19.4 Å². The number of aromatic amines is 1. The number of nitrogens with zero attached hydrogens (tertiary/aromatic N) is 2. The van der Waals surface area contributed by atoms with Crippen LogP contribution in [-0.2, 0) is 0 Å². The fourth-order valence-electron chi connectivity index (χ4n) is 4.01. The van der Waals surface area contributed by atoms with Crippen molar-refractivity contribution in [3.05, 3.63) is 64.3 Å². The van der Waals surface area contributed by atoms with Gasteiger partial charge in [0.1, 0.15) is 17.1 Å². The summed E-state index contributed by atoms with van der Waals surface area (Å²) >= 11 is 1.65. The van der Waals surface area contributed by atoms with Gasteiger partial charge in [-0.25, -0.2) is 0 Å². The van der Waals surface area contributed by atoms with Crippen LogP contribution in [0.1, 0.15) is 38.8 Å². The molecule has 7 heteroatoms. The molecule has 2 aromatic carbocycles. The number of β-amino-alcohol motifs (C(OH)–C–C–N with tert-alkyl or cyclic N) is 1. The third-order valence-electron chi connectivity index (χ3n) is 5.34. The van der Waals surface area contributed by atoms with E-state index in [-0.39, 0.29) is 30.9 Å². The lowest BCUT2D eigenvalue weighted by Gasteiger charge is -2.26. The minimum atomic E-state index is -0.380. The Morgan fingerprint density at radius 3 is 2.59 bits per heavy atom. The number of benzene rings is 2. The molecule has 0 saturated heterocycles. The average molecular weight is 410 g/mol. The van der Waals surface area contributed by atoms with E-state index in [0.29, 0.717) is 17.0 Å². The predicted molar refractivity (Wildman–Crippen MR) is 113 cm³/mol. The van der Waals surface area contributed by atoms with Crippen LogP contribution in [0.25, 0.3) is 11.3 Å². The van der Waals surface area contributed by atoms with Gasteiger partial charge in [-0.1, -0.05) is 18.2 Å². The minimum absolute atomic E-state index is 0.132. The van der Waals surface area contributed by atoms with Gasteiger partial charge in [0.15, 0.2) is 0 Å². The van der Waals surface area contributed by atoms with E-state index in [2.05, 4.69) is 10.2 Å². The van der Waals surface area contributed by atoms with Crippen LogP contribution in [0.4, 0.5) is 0 Å². The lowest BCUT2D eigenvalue weighted by Crippen LogP contribution is -2.32. The second-order valence-corrected chi connectivity index (χ2v) is 8.12. The summed E-state index contributed by atoms with van der Waals surface area (Å²) < 4.78 is 0. The van der Waals surface area contributed by atoms with Gasteiger partial charge in [-0.05, 0) is 55.0 Å². The van der Waals surface area contributed by atoms with Gasteiger partial charge in [0.2, 0.25) is 0 Å². The number of aromatic nitrogens is 2. The van der Waals surface area contributed by atoms with Crippen molar-refractivity contribution < 1.29 is 15.0 Å². The third-order valence-corrected chi connectivity index (χ3v) is 6.08. The number of carbonyl (C=O) groups is 1. The fourth-order valence-corrected chi connectivity index (χ4v) is 4.42. The molecule has 6 nitrogen and oxygen atoms in total. The van der Waals surface area contributed by atoms with E-state index in [1.165, 1.54) is 0 Å². The number of phenolic OH excluding ortho intramolecular Hbond substituents is 1. The van der Waals surface area contributed by atoms with Crippen LogP contribution in [0.5, 0.6) is 5.75 Å². The highest BCUT2D eigenvalue weighted by molar-refractivity contribution is 7.98. The maximum Gasteiger partial charge on any atom is 0.273 e. The molecule has 1 aromatic heterocycles. The van der Waals surface area contributed by atoms with Crippen LogP contribution in [0.2, 0.25) is 0 Å². The van der Waals surface area contributed by atoms with Gasteiger partial charge in [0.25, 0.3) is 5.91 Å². The van der Waals surface area contributed by atoms with Crippen molar-refractivity contribution in [2.24, 2.45) is 0 Å². The number of aromatic hydroxyl groups is 1. The number of H-pyrrole nitrogens is 1. The summed E-state index contributed by atoms with van der Waals surface area (Å²) in [4.78, 5) is 15.8. The second kappa shape index (κ2) is 7.57. The molecule has 0 fully saturated rings. The standard InChI is InChI=1S/C22H23N3O3S/c1-12-10-13(2)21(27)16(11-12)18-17-19(24-23-18)22(28)25(8-9-26)20(17)14-4-6-15(29-3)7-5-14/h4-7,10-11,20,26-27H,8-9H2,1-3H3,(H,23,24)/t20-/m1/s1. The molecule has 1 atom stereocenters. The van der Waals surface area contributed by atoms with Gasteiger partial charge in [0, 0.05) is 22.6 Å². The van der Waals surface area contributed by atoms with Gasteiger partial charge >= 0.3 is 0 Å². The van der Waals surface area contributed by atoms with Crippen LogP contribution < -0.4 is 0 Å². The SMILES string of the molecule is CSc1ccc([C@@H]2c3c(-c4cc(C)cc(C)c4O)n[nH]c3C(=O)N2CCO)cc1. The molecular formula is C22H23N3O3S. The molecule has 0 spiro atoms. The van der Waals surface area contributed by atoms with E-state index in [1.807, 2.05) is 56.5 Å². The molecule has 3 aromatic rings. The fraction of sp³-hybridized carbons (Fsp3) is 0.273. The molecule has 0 aliphatic carbocycles. The Bertz CT molecular complexity index is 1080. The molecule has 1 aliphatic rings. The number of hydrogen-bond acceptors (Lipinski definition) is 5. The van der Waals surface area contributed by atoms with E-state index in [4.69, 9.17) is 0 Å². The van der Waals surface area contributed by atoms with Gasteiger partial charge in [-0.2, -0.15) is 5.10 Å². The van der Waals surface area contributed by atoms with Gasteiger partial charge in [-0.15, -0.1) is 11.8 Å². The first-order valence-electron chi connectivity index (χ1n) is 9.40. The van der Waals surface area contributed by atoms with Crippen molar-refractivity contribution in [3.63, 3.8) is 0 Å². The highest BCUT2D eigenvalue weighted by Gasteiger charge is 2.42. The Labute approximate surface area is 173 Å². The van der Waals surface area contributed by atoms with Crippen LogP contribution in [0.3, 0.4) is 0 Å². The lowest BCUT2D eigenvalue weighted by atomic mass is 9.94. The molecule has 4 rings (SSSR count). The Morgan fingerprint density at radius 2 is 1.93 bits per heavy atom. The molecular weight excluding hydrogens is 386 g/mol. The molecule has 0 saturated carbocycles. The largest absolute Gasteiger partial charge is 0.507 e. The minimum Gasteiger partial charge on any atom is -0.507 e. The van der Waals surface area contributed by atoms with Gasteiger partial charge in [0.05, 0.1) is 12.6 Å². The first-order valence-corrected chi connectivity index (χ1v) is 10.6. The number of carbonyl (C=O) groups excluding carboxylic acids is 1. The molecule has 0 radical (unpaired) electrons. The summed E-state index contributed by atoms with van der Waals surface area (Å²) in [5, 5.41) is 27.5. The first kappa shape index (κ1) is 19.5. The monoisotopic (exact) mass is 409 g/mol. The predicted octanol–water partition coefficient (Wildman–Crippen LogP) is 3.66. The number of hydrogen-bond donors (Lipinski definition) is 3. The number of fused-ring (bicyclic) bond motifs is 1. The van der Waals surface area contributed by atoms with Crippen LogP contribution in [0.15, 0.2) is 41.3 Å². The quantitative estimate of drug-likeness (QED) is 0.560. The summed E-state index contributed by atoms with van der Waals surface area (Å²) in [6.07, 6.45) is 2.02. The molecule has 0 unspecified atom stereocenters. The van der Waals surface area contributed by atoms with E-state index in [9.17, 15) is 15.0 Å². The Balaban J connectivity index is 1.91. The zero-order chi connectivity index (χ0) is 20.7. The topological polar surface area (TPSA) is 89.5 Å². The number of thioether (sulfide) groups is 1. The van der Waals surface area contributed by atoms with Crippen molar-refractivity contribution in [3.8, 4) is 17.0 Å². The number of aryl methyl sites for hydroxylation is 2. The van der Waals surface area contributed by atoms with Crippen molar-refractivity contribution in [1.29, 1.82) is 0 Å². The molecule has 3 N–H and O–H groups in total. The highest BCUT2D eigenvalue weighted by atomic mass is 32.2. The first-order chi connectivity index (χ1) is 14.0. The summed E-state index contributed by atoms with van der Waals surface area (Å²) in [6.45, 7) is 3.90. The number of amides is 1. The molecule has 0 bridgehead atoms. The number of aliphatic hydroxyl groups excluding tert-OH is 1. The Hall–Kier alpha value is -2.77. The summed E-state index contributed by atoms with van der Waals surface area (Å²) in [5.41, 5.74) is 5.02. The molecule has 2 heterocycles. The van der Waals surface area contributed by atoms with E-state index in [0.717, 1.165) is 27.1 Å². The highest BCUT2D eigenvalue weighted by Crippen LogP contribution is 2.45. The smallest absolute Gasteiger partial charge is 0.273 e. The zero-order valence-corrected chi connectivity index (χ0v) is 17.4. The van der Waals surface area contributed by atoms with Gasteiger partial charge < -0.3 is 15.1 Å². The van der Waals surface area contributed by atoms with Crippen molar-refractivity contribution >= 4 is 17.7 Å². The molecule has 29 heavy (non-hydrogen) atoms. The number of nitrogens with one attached hydrogen (secondary N) is 1. The molecule has 1 aliphatic heterocycles. The Kier molecular flexibility index (Phi) is 5.10. The van der Waals surface area contributed by atoms with E-state index in [1.54, 1.807) is 16.7 Å². The van der Waals surface area contributed by atoms with Crippen LogP contribution in [0, 0.1) is 13.8 Å². The van der Waals surface area contributed by atoms with E-state index >= 15 is 0 Å². The van der Waals surface area contributed by atoms with E-state index < -0.39 is 0 Å². The van der Waals surface area contributed by atoms with Crippen LogP contribution in [-0.4, -0.2) is 50.6 Å². The summed E-state index contributed by atoms with van der Waals surface area (Å²) in [7, 11) is 0. The number of phenols is 1. The van der Waals surface area contributed by atoms with Gasteiger partial charge in [-0.3, -0.25) is 9.89 Å². The zero-order valence-electron chi connectivity index (χ0n) is 16.6. The Morgan fingerprint density at radius 1 is 1.21 bits per heavy atom. The maximum atomic E-state index is 13.0. The maximum absolute atomic E-state index is 13.0. The van der Waals surface area contributed by atoms with Crippen LogP contribution >= 0.6 is 11.8 Å². The number of aliphatic hydroxyl groups is 1. The van der Waals surface area contributed by atoms with Crippen molar-refractivity contribution in [2.45, 2.75) is 24.8 Å².